The van der Waals surface area contributed by atoms with Crippen LogP contribution >= 0.6 is 11.3 Å². The van der Waals surface area contributed by atoms with Gasteiger partial charge >= 0.3 is 0 Å². The van der Waals surface area contributed by atoms with Crippen LogP contribution in [0.2, 0.25) is 0 Å². The van der Waals surface area contributed by atoms with Gasteiger partial charge in [-0.1, -0.05) is 19.3 Å². The van der Waals surface area contributed by atoms with Crippen molar-refractivity contribution in [2.45, 2.75) is 50.1 Å². The number of hydrogen-bond donors (Lipinski definition) is 1. The van der Waals surface area contributed by atoms with E-state index in [0.717, 1.165) is 17.1 Å². The van der Waals surface area contributed by atoms with Crippen molar-refractivity contribution in [3.63, 3.8) is 0 Å². The molecule has 2 N–H and O–H groups in total. The summed E-state index contributed by atoms with van der Waals surface area (Å²) in [4.78, 5) is 8.10. The second kappa shape index (κ2) is 5.47. The maximum atomic E-state index is 6.62. The number of nitrogens with two attached hydrogens (primary N) is 1. The zero-order valence-corrected chi connectivity index (χ0v) is 13.2. The molecule has 4 nitrogen and oxygen atoms in total. The molecule has 2 heterocycles. The second-order valence-corrected chi connectivity index (χ2v) is 7.07. The Morgan fingerprint density at radius 3 is 2.80 bits per heavy atom. The molecule has 1 fully saturated rings. The summed E-state index contributed by atoms with van der Waals surface area (Å²) in [7, 11) is 4.36. The molecule has 0 bridgehead atoms. The molecule has 0 spiro atoms. The van der Waals surface area contributed by atoms with E-state index < -0.39 is 0 Å². The molecule has 1 aliphatic rings. The van der Waals surface area contributed by atoms with E-state index >= 15 is 0 Å². The Morgan fingerprint density at radius 1 is 1.40 bits per heavy atom. The first-order valence-electron chi connectivity index (χ1n) is 7.46. The van der Waals surface area contributed by atoms with Crippen molar-refractivity contribution in [3.05, 3.63) is 23.5 Å². The van der Waals surface area contributed by atoms with Crippen LogP contribution in [0.1, 0.15) is 37.8 Å². The minimum Gasteiger partial charge on any atom is -0.326 e. The fourth-order valence-electron chi connectivity index (χ4n) is 3.60. The van der Waals surface area contributed by atoms with Crippen LogP contribution in [0.3, 0.4) is 0 Å². The van der Waals surface area contributed by atoms with E-state index in [2.05, 4.69) is 46.2 Å². The van der Waals surface area contributed by atoms with Crippen LogP contribution in [0.25, 0.3) is 4.96 Å². The molecule has 0 radical (unpaired) electrons. The Labute approximate surface area is 124 Å². The molecule has 20 heavy (non-hydrogen) atoms. The lowest BCUT2D eigenvalue weighted by Gasteiger charge is -2.47. The predicted octanol–water partition coefficient (Wildman–Crippen LogP) is 2.53. The summed E-state index contributed by atoms with van der Waals surface area (Å²) >= 11 is 1.68. The Hall–Kier alpha value is -0.910. The first kappa shape index (κ1) is 14.0. The van der Waals surface area contributed by atoms with Gasteiger partial charge in [-0.2, -0.15) is 0 Å². The third kappa shape index (κ3) is 2.38. The highest BCUT2D eigenvalue weighted by Gasteiger charge is 2.40. The second-order valence-electron chi connectivity index (χ2n) is 6.19. The third-order valence-electron chi connectivity index (χ3n) is 4.87. The van der Waals surface area contributed by atoms with Crippen molar-refractivity contribution in [1.29, 1.82) is 0 Å². The molecule has 5 heteroatoms. The highest BCUT2D eigenvalue weighted by atomic mass is 32.1. The normalized spacial score (nSPS) is 20.6. The Bertz CT molecular complexity index is 537. The van der Waals surface area contributed by atoms with E-state index in [0.29, 0.717) is 0 Å². The first-order valence-corrected chi connectivity index (χ1v) is 8.34. The van der Waals surface area contributed by atoms with E-state index in [1.54, 1.807) is 11.3 Å². The first-order chi connectivity index (χ1) is 9.62. The van der Waals surface area contributed by atoms with Crippen molar-refractivity contribution in [2.24, 2.45) is 5.73 Å². The molecule has 110 valence electrons. The average Bonchev–Trinajstić information content (AvgIpc) is 3.00. The van der Waals surface area contributed by atoms with Crippen molar-refractivity contribution in [1.82, 2.24) is 14.3 Å². The van der Waals surface area contributed by atoms with Crippen LogP contribution in [-0.4, -0.2) is 40.0 Å². The minimum atomic E-state index is 0.148. The quantitative estimate of drug-likeness (QED) is 0.942. The van der Waals surface area contributed by atoms with Crippen LogP contribution < -0.4 is 5.73 Å². The average molecular weight is 292 g/mol. The molecule has 3 rings (SSSR count). The van der Waals surface area contributed by atoms with Crippen molar-refractivity contribution < 1.29 is 0 Å². The smallest absolute Gasteiger partial charge is 0.193 e. The highest BCUT2D eigenvalue weighted by Crippen LogP contribution is 2.35. The number of likely N-dealkylation sites (N-methyl/N-ethyl adjacent to an activating group) is 1. The van der Waals surface area contributed by atoms with Crippen LogP contribution in [0, 0.1) is 0 Å². The molecule has 2 aromatic rings. The van der Waals surface area contributed by atoms with Crippen LogP contribution in [0.4, 0.5) is 0 Å². The molecule has 1 saturated carbocycles. The van der Waals surface area contributed by atoms with Crippen LogP contribution in [-0.2, 0) is 6.42 Å². The lowest BCUT2D eigenvalue weighted by Crippen LogP contribution is -2.59. The van der Waals surface area contributed by atoms with E-state index in [-0.39, 0.29) is 11.6 Å². The Balaban J connectivity index is 1.79. The van der Waals surface area contributed by atoms with Gasteiger partial charge in [0.15, 0.2) is 4.96 Å². The van der Waals surface area contributed by atoms with Crippen molar-refractivity contribution in [2.75, 3.05) is 14.1 Å². The van der Waals surface area contributed by atoms with Gasteiger partial charge in [-0.15, -0.1) is 11.3 Å². The fourth-order valence-corrected chi connectivity index (χ4v) is 4.32. The number of hydrogen-bond acceptors (Lipinski definition) is 4. The molecule has 2 aromatic heterocycles. The molecule has 1 unspecified atom stereocenters. The van der Waals surface area contributed by atoms with Crippen LogP contribution in [0.15, 0.2) is 17.8 Å². The summed E-state index contributed by atoms with van der Waals surface area (Å²) in [6, 6.07) is 0.155. The van der Waals surface area contributed by atoms with Gasteiger partial charge in [0.25, 0.3) is 0 Å². The molecule has 1 aliphatic carbocycles. The fraction of sp³-hybridized carbons (Fsp3) is 0.667. The largest absolute Gasteiger partial charge is 0.326 e. The van der Waals surface area contributed by atoms with Gasteiger partial charge in [-0.25, -0.2) is 4.98 Å². The summed E-state index contributed by atoms with van der Waals surface area (Å²) in [5.74, 6) is 0. The van der Waals surface area contributed by atoms with E-state index in [1.807, 2.05) is 0 Å². The summed E-state index contributed by atoms with van der Waals surface area (Å²) < 4.78 is 2.09. The topological polar surface area (TPSA) is 46.6 Å². The van der Waals surface area contributed by atoms with Gasteiger partial charge in [-0.3, -0.25) is 4.40 Å². The predicted molar refractivity (Wildman–Crippen MR) is 84.3 cm³/mol. The summed E-state index contributed by atoms with van der Waals surface area (Å²) in [6.07, 6.45) is 11.4. The zero-order chi connectivity index (χ0) is 14.2. The van der Waals surface area contributed by atoms with Gasteiger partial charge in [0.05, 0.1) is 5.69 Å². The molecule has 1 atom stereocenters. The third-order valence-corrected chi connectivity index (χ3v) is 5.64. The number of thiazole rings is 1. The van der Waals surface area contributed by atoms with Gasteiger partial charge in [-0.05, 0) is 26.9 Å². The maximum Gasteiger partial charge on any atom is 0.193 e. The number of rotatable bonds is 4. The van der Waals surface area contributed by atoms with Crippen LogP contribution in [0.5, 0.6) is 0 Å². The lowest BCUT2D eigenvalue weighted by molar-refractivity contribution is 0.0713. The number of nitrogens with zero attached hydrogens (tertiary/aromatic N) is 3. The van der Waals surface area contributed by atoms with Crippen molar-refractivity contribution >= 4 is 16.3 Å². The van der Waals surface area contributed by atoms with Gasteiger partial charge in [0.1, 0.15) is 0 Å². The molecular weight excluding hydrogens is 268 g/mol. The summed E-state index contributed by atoms with van der Waals surface area (Å²) in [6.45, 7) is 0. The Kier molecular flexibility index (Phi) is 3.84. The Morgan fingerprint density at radius 2 is 2.15 bits per heavy atom. The van der Waals surface area contributed by atoms with Gasteiger partial charge < -0.3 is 10.6 Å². The molecule has 0 aliphatic heterocycles. The SMILES string of the molecule is CN(C)C1(C(N)Cc2cn3ccsc3n2)CCCCC1. The zero-order valence-electron chi connectivity index (χ0n) is 12.4. The van der Waals surface area contributed by atoms with E-state index in [4.69, 9.17) is 5.73 Å². The van der Waals surface area contributed by atoms with Gasteiger partial charge in [0.2, 0.25) is 0 Å². The number of fused-ring (bicyclic) bond motifs is 1. The highest BCUT2D eigenvalue weighted by molar-refractivity contribution is 7.15. The van der Waals surface area contributed by atoms with Crippen molar-refractivity contribution in [3.8, 4) is 0 Å². The van der Waals surface area contributed by atoms with E-state index in [1.165, 1.54) is 32.1 Å². The van der Waals surface area contributed by atoms with Gasteiger partial charge in [0, 0.05) is 35.8 Å². The minimum absolute atomic E-state index is 0.148. The summed E-state index contributed by atoms with van der Waals surface area (Å²) in [5, 5.41) is 2.06. The molecule has 0 aromatic carbocycles. The lowest BCUT2D eigenvalue weighted by atomic mass is 9.74. The molecule has 0 amide bonds. The number of imidazole rings is 1. The van der Waals surface area contributed by atoms with E-state index in [9.17, 15) is 0 Å². The maximum absolute atomic E-state index is 6.62. The summed E-state index contributed by atoms with van der Waals surface area (Å²) in [5.41, 5.74) is 7.89. The standard InChI is InChI=1S/C15H24N4S/c1-18(2)15(6-4-3-5-7-15)13(16)10-12-11-19-8-9-20-14(19)17-12/h8-9,11,13H,3-7,10,16H2,1-2H3. The molecular formula is C15H24N4S. The monoisotopic (exact) mass is 292 g/mol. The number of aromatic nitrogens is 2. The molecule has 0 saturated heterocycles.